The summed E-state index contributed by atoms with van der Waals surface area (Å²) in [5, 5.41) is 2.81. The summed E-state index contributed by atoms with van der Waals surface area (Å²) in [6.45, 7) is 3.96. The van der Waals surface area contributed by atoms with Gasteiger partial charge in [-0.25, -0.2) is 4.79 Å². The zero-order valence-corrected chi connectivity index (χ0v) is 15.7. The van der Waals surface area contributed by atoms with Gasteiger partial charge in [-0.3, -0.25) is 0 Å². The Hall–Kier alpha value is -2.53. The van der Waals surface area contributed by atoms with Crippen molar-refractivity contribution in [3.8, 4) is 16.9 Å². The first-order valence-electron chi connectivity index (χ1n) is 9.66. The van der Waals surface area contributed by atoms with E-state index in [0.29, 0.717) is 6.61 Å². The maximum absolute atomic E-state index is 11.2. The highest BCUT2D eigenvalue weighted by Gasteiger charge is 2.23. The maximum atomic E-state index is 11.2. The number of benzene rings is 2. The van der Waals surface area contributed by atoms with E-state index in [1.54, 1.807) is 7.11 Å². The monoisotopic (exact) mass is 366 g/mol. The number of hydrogen-bond acceptors (Lipinski definition) is 4. The SMILES string of the molecule is COc1cc(CCN2CCCC2)ccc1-c1ccc(C2COC(=O)N2)cc1. The number of carbonyl (C=O) groups excluding carboxylic acids is 1. The van der Waals surface area contributed by atoms with Gasteiger partial charge in [0.05, 0.1) is 13.2 Å². The molecule has 0 spiro atoms. The average molecular weight is 366 g/mol. The second-order valence-electron chi connectivity index (χ2n) is 7.25. The molecule has 5 heteroatoms. The van der Waals surface area contributed by atoms with Crippen molar-refractivity contribution in [1.29, 1.82) is 0 Å². The van der Waals surface area contributed by atoms with Crippen LogP contribution in [-0.2, 0) is 11.2 Å². The molecule has 0 radical (unpaired) electrons. The zero-order valence-electron chi connectivity index (χ0n) is 15.7. The lowest BCUT2D eigenvalue weighted by Gasteiger charge is -2.16. The number of carbonyl (C=O) groups is 1. The quantitative estimate of drug-likeness (QED) is 0.845. The van der Waals surface area contributed by atoms with Crippen LogP contribution in [0.25, 0.3) is 11.1 Å². The number of alkyl carbamates (subject to hydrolysis) is 1. The molecule has 0 saturated carbocycles. The number of ether oxygens (including phenoxy) is 2. The molecule has 2 aliphatic heterocycles. The Kier molecular flexibility index (Phi) is 5.30. The second-order valence-corrected chi connectivity index (χ2v) is 7.25. The van der Waals surface area contributed by atoms with Gasteiger partial charge in [0.2, 0.25) is 0 Å². The maximum Gasteiger partial charge on any atom is 0.407 e. The predicted octanol–water partition coefficient (Wildman–Crippen LogP) is 3.78. The number of cyclic esters (lactones) is 1. The smallest absolute Gasteiger partial charge is 0.407 e. The molecule has 1 unspecified atom stereocenters. The van der Waals surface area contributed by atoms with Crippen LogP contribution in [0.15, 0.2) is 42.5 Å². The highest BCUT2D eigenvalue weighted by atomic mass is 16.6. The molecule has 142 valence electrons. The summed E-state index contributed by atoms with van der Waals surface area (Å²) in [6, 6.07) is 14.7. The number of likely N-dealkylation sites (tertiary alicyclic amines) is 1. The van der Waals surface area contributed by atoms with Crippen molar-refractivity contribution in [3.05, 3.63) is 53.6 Å². The number of hydrogen-bond donors (Lipinski definition) is 1. The highest BCUT2D eigenvalue weighted by molar-refractivity contribution is 5.72. The Bertz CT molecular complexity index is 798. The van der Waals surface area contributed by atoms with E-state index in [-0.39, 0.29) is 12.1 Å². The van der Waals surface area contributed by atoms with Gasteiger partial charge >= 0.3 is 6.09 Å². The van der Waals surface area contributed by atoms with Gasteiger partial charge in [-0.15, -0.1) is 0 Å². The first-order valence-corrected chi connectivity index (χ1v) is 9.66. The summed E-state index contributed by atoms with van der Waals surface area (Å²) in [4.78, 5) is 13.7. The van der Waals surface area contributed by atoms with Crippen molar-refractivity contribution < 1.29 is 14.3 Å². The number of rotatable bonds is 6. The lowest BCUT2D eigenvalue weighted by molar-refractivity contribution is 0.177. The minimum Gasteiger partial charge on any atom is -0.496 e. The van der Waals surface area contributed by atoms with Gasteiger partial charge < -0.3 is 19.7 Å². The Morgan fingerprint density at radius 1 is 1.15 bits per heavy atom. The van der Waals surface area contributed by atoms with Crippen LogP contribution in [0.5, 0.6) is 5.75 Å². The van der Waals surface area contributed by atoms with E-state index in [9.17, 15) is 4.79 Å². The minimum atomic E-state index is -0.352. The molecule has 27 heavy (non-hydrogen) atoms. The van der Waals surface area contributed by atoms with Gasteiger partial charge in [0.15, 0.2) is 0 Å². The molecule has 2 aromatic rings. The van der Waals surface area contributed by atoms with Crippen LogP contribution in [0.2, 0.25) is 0 Å². The van der Waals surface area contributed by atoms with E-state index >= 15 is 0 Å². The first kappa shape index (κ1) is 17.9. The van der Waals surface area contributed by atoms with Crippen LogP contribution in [0.4, 0.5) is 4.79 Å². The van der Waals surface area contributed by atoms with Crippen LogP contribution < -0.4 is 10.1 Å². The van der Waals surface area contributed by atoms with Crippen molar-refractivity contribution in [2.45, 2.75) is 25.3 Å². The Morgan fingerprint density at radius 2 is 1.93 bits per heavy atom. The minimum absolute atomic E-state index is 0.0681. The molecule has 2 fully saturated rings. The van der Waals surface area contributed by atoms with Crippen LogP contribution in [0.3, 0.4) is 0 Å². The Morgan fingerprint density at radius 3 is 2.59 bits per heavy atom. The van der Waals surface area contributed by atoms with Gasteiger partial charge in [-0.2, -0.15) is 0 Å². The second kappa shape index (κ2) is 8.01. The molecule has 2 aromatic carbocycles. The topological polar surface area (TPSA) is 50.8 Å². The van der Waals surface area contributed by atoms with Crippen LogP contribution in [0.1, 0.15) is 30.0 Å². The van der Waals surface area contributed by atoms with Gasteiger partial charge in [-0.1, -0.05) is 36.4 Å². The van der Waals surface area contributed by atoms with Gasteiger partial charge in [0.1, 0.15) is 12.4 Å². The highest BCUT2D eigenvalue weighted by Crippen LogP contribution is 2.32. The molecule has 1 amide bonds. The van der Waals surface area contributed by atoms with Crippen LogP contribution >= 0.6 is 0 Å². The molecule has 1 atom stereocenters. The Balaban J connectivity index is 1.48. The van der Waals surface area contributed by atoms with Gasteiger partial charge in [0.25, 0.3) is 0 Å². The Labute approximate surface area is 160 Å². The van der Waals surface area contributed by atoms with E-state index in [1.807, 2.05) is 12.1 Å². The summed E-state index contributed by atoms with van der Waals surface area (Å²) >= 11 is 0. The summed E-state index contributed by atoms with van der Waals surface area (Å²) in [6.07, 6.45) is 3.36. The van der Waals surface area contributed by atoms with Crippen molar-refractivity contribution >= 4 is 6.09 Å². The molecule has 2 aliphatic rings. The fraction of sp³-hybridized carbons (Fsp3) is 0.409. The van der Waals surface area contributed by atoms with Crippen molar-refractivity contribution in [3.63, 3.8) is 0 Å². The molecular formula is C22H26N2O3. The number of nitrogens with zero attached hydrogens (tertiary/aromatic N) is 1. The van der Waals surface area contributed by atoms with Crippen molar-refractivity contribution in [2.24, 2.45) is 0 Å². The molecule has 2 saturated heterocycles. The van der Waals surface area contributed by atoms with Gasteiger partial charge in [0, 0.05) is 12.1 Å². The fourth-order valence-corrected chi connectivity index (χ4v) is 3.88. The first-order chi connectivity index (χ1) is 13.2. The molecule has 0 aliphatic carbocycles. The molecule has 1 N–H and O–H groups in total. The number of methoxy groups -OCH3 is 1. The third kappa shape index (κ3) is 4.08. The van der Waals surface area contributed by atoms with E-state index in [1.165, 1.54) is 31.5 Å². The van der Waals surface area contributed by atoms with E-state index in [4.69, 9.17) is 9.47 Å². The molecule has 5 nitrogen and oxygen atoms in total. The molecular weight excluding hydrogens is 340 g/mol. The zero-order chi connectivity index (χ0) is 18.6. The summed E-state index contributed by atoms with van der Waals surface area (Å²) in [5.74, 6) is 0.902. The third-order valence-corrected chi connectivity index (χ3v) is 5.48. The number of nitrogens with one attached hydrogen (secondary N) is 1. The van der Waals surface area contributed by atoms with E-state index in [0.717, 1.165) is 35.4 Å². The lowest BCUT2D eigenvalue weighted by Crippen LogP contribution is -2.21. The molecule has 0 aromatic heterocycles. The standard InChI is InChI=1S/C22H26N2O3/c1-26-21-14-16(10-13-24-11-2-3-12-24)4-9-19(21)17-5-7-18(8-6-17)20-15-27-22(25)23-20/h4-9,14,20H,2-3,10-13,15H2,1H3,(H,23,25). The van der Waals surface area contributed by atoms with Gasteiger partial charge in [-0.05, 0) is 55.1 Å². The van der Waals surface area contributed by atoms with E-state index in [2.05, 4.69) is 40.5 Å². The fourth-order valence-electron chi connectivity index (χ4n) is 3.88. The van der Waals surface area contributed by atoms with E-state index < -0.39 is 0 Å². The molecule has 2 heterocycles. The summed E-state index contributed by atoms with van der Waals surface area (Å²) < 4.78 is 10.6. The van der Waals surface area contributed by atoms with Crippen LogP contribution in [-0.4, -0.2) is 44.3 Å². The number of amides is 1. The third-order valence-electron chi connectivity index (χ3n) is 5.48. The predicted molar refractivity (Wildman–Crippen MR) is 105 cm³/mol. The normalized spacial score (nSPS) is 19.7. The lowest BCUT2D eigenvalue weighted by atomic mass is 9.98. The molecule has 4 rings (SSSR count). The largest absolute Gasteiger partial charge is 0.496 e. The van der Waals surface area contributed by atoms with Crippen molar-refractivity contribution in [2.75, 3.05) is 33.4 Å². The van der Waals surface area contributed by atoms with Crippen LogP contribution in [0, 0.1) is 0 Å². The average Bonchev–Trinajstić information content (AvgIpc) is 3.38. The summed E-state index contributed by atoms with van der Waals surface area (Å²) in [5.41, 5.74) is 4.54. The summed E-state index contributed by atoms with van der Waals surface area (Å²) in [7, 11) is 1.73. The van der Waals surface area contributed by atoms with Crippen molar-refractivity contribution in [1.82, 2.24) is 10.2 Å². The molecule has 0 bridgehead atoms.